The highest BCUT2D eigenvalue weighted by Gasteiger charge is 2.04. The van der Waals surface area contributed by atoms with Crippen molar-refractivity contribution in [2.75, 3.05) is 13.2 Å². The Morgan fingerprint density at radius 2 is 2.25 bits per heavy atom. The van der Waals surface area contributed by atoms with Crippen LogP contribution in [0.3, 0.4) is 0 Å². The highest BCUT2D eigenvalue weighted by Crippen LogP contribution is 2.16. The Morgan fingerprint density at radius 3 is 2.94 bits per heavy atom. The van der Waals surface area contributed by atoms with Crippen LogP contribution in [0, 0.1) is 5.82 Å². The van der Waals surface area contributed by atoms with E-state index in [-0.39, 0.29) is 11.9 Å². The normalized spacial score (nSPS) is 12.8. The molecule has 0 aromatic heterocycles. The van der Waals surface area contributed by atoms with Gasteiger partial charge in [-0.2, -0.15) is 0 Å². The second kappa shape index (κ2) is 6.84. The number of halogens is 2. The van der Waals surface area contributed by atoms with Gasteiger partial charge >= 0.3 is 0 Å². The molecule has 0 heterocycles. The standard InChI is InChI=1S/C12H17ClFNO/c1-3-16-9(2)7-15-8-10-6-11(14)4-5-12(10)13/h4-6,9,15H,3,7-8H2,1-2H3. The van der Waals surface area contributed by atoms with Gasteiger partial charge < -0.3 is 10.1 Å². The maximum absolute atomic E-state index is 12.9. The van der Waals surface area contributed by atoms with Crippen LogP contribution in [-0.4, -0.2) is 19.3 Å². The highest BCUT2D eigenvalue weighted by atomic mass is 35.5. The fourth-order valence-electron chi connectivity index (χ4n) is 1.43. The predicted octanol–water partition coefficient (Wildman–Crippen LogP) is 2.99. The lowest BCUT2D eigenvalue weighted by Gasteiger charge is -2.13. The number of nitrogens with one attached hydrogen (secondary N) is 1. The lowest BCUT2D eigenvalue weighted by Crippen LogP contribution is -2.26. The second-order valence-electron chi connectivity index (χ2n) is 3.63. The number of benzene rings is 1. The molecule has 1 N–H and O–H groups in total. The Bertz CT molecular complexity index is 333. The topological polar surface area (TPSA) is 21.3 Å². The van der Waals surface area contributed by atoms with Crippen molar-refractivity contribution in [1.82, 2.24) is 5.32 Å². The molecule has 0 saturated heterocycles. The molecule has 4 heteroatoms. The minimum atomic E-state index is -0.265. The summed E-state index contributed by atoms with van der Waals surface area (Å²) >= 11 is 5.93. The molecule has 90 valence electrons. The molecule has 1 atom stereocenters. The van der Waals surface area contributed by atoms with E-state index in [0.717, 1.165) is 12.1 Å². The molecule has 0 spiro atoms. The first-order valence-corrected chi connectivity index (χ1v) is 5.77. The summed E-state index contributed by atoms with van der Waals surface area (Å²) in [5.74, 6) is -0.265. The van der Waals surface area contributed by atoms with Gasteiger partial charge in [-0.15, -0.1) is 0 Å². The zero-order valence-corrected chi connectivity index (χ0v) is 10.4. The van der Waals surface area contributed by atoms with E-state index in [9.17, 15) is 4.39 Å². The van der Waals surface area contributed by atoms with E-state index in [1.165, 1.54) is 12.1 Å². The third-order valence-corrected chi connectivity index (χ3v) is 2.57. The second-order valence-corrected chi connectivity index (χ2v) is 4.04. The number of rotatable bonds is 6. The van der Waals surface area contributed by atoms with Crippen molar-refractivity contribution in [2.24, 2.45) is 0 Å². The van der Waals surface area contributed by atoms with Gasteiger partial charge in [-0.1, -0.05) is 11.6 Å². The molecule has 0 radical (unpaired) electrons. The molecule has 1 aromatic rings. The number of hydrogen-bond acceptors (Lipinski definition) is 2. The third-order valence-electron chi connectivity index (χ3n) is 2.21. The summed E-state index contributed by atoms with van der Waals surface area (Å²) in [5, 5.41) is 3.76. The highest BCUT2D eigenvalue weighted by molar-refractivity contribution is 6.31. The van der Waals surface area contributed by atoms with Crippen molar-refractivity contribution in [2.45, 2.75) is 26.5 Å². The fraction of sp³-hybridized carbons (Fsp3) is 0.500. The maximum Gasteiger partial charge on any atom is 0.123 e. The number of hydrogen-bond donors (Lipinski definition) is 1. The molecule has 0 fully saturated rings. The van der Waals surface area contributed by atoms with Crippen LogP contribution in [0.4, 0.5) is 4.39 Å². The molecule has 0 aliphatic heterocycles. The van der Waals surface area contributed by atoms with Crippen molar-refractivity contribution < 1.29 is 9.13 Å². The molecular formula is C12H17ClFNO. The van der Waals surface area contributed by atoms with E-state index in [2.05, 4.69) is 5.32 Å². The van der Waals surface area contributed by atoms with Crippen molar-refractivity contribution in [3.8, 4) is 0 Å². The van der Waals surface area contributed by atoms with Crippen LogP contribution in [-0.2, 0) is 11.3 Å². The van der Waals surface area contributed by atoms with Gasteiger partial charge in [-0.25, -0.2) is 4.39 Å². The number of ether oxygens (including phenoxy) is 1. The predicted molar refractivity (Wildman–Crippen MR) is 64.2 cm³/mol. The zero-order chi connectivity index (χ0) is 12.0. The van der Waals surface area contributed by atoms with Crippen molar-refractivity contribution in [3.63, 3.8) is 0 Å². The van der Waals surface area contributed by atoms with Gasteiger partial charge in [0.2, 0.25) is 0 Å². The van der Waals surface area contributed by atoms with Crippen molar-refractivity contribution >= 4 is 11.6 Å². The summed E-state index contributed by atoms with van der Waals surface area (Å²) in [6, 6.07) is 4.37. The minimum absolute atomic E-state index is 0.150. The smallest absolute Gasteiger partial charge is 0.123 e. The molecule has 2 nitrogen and oxygen atoms in total. The maximum atomic E-state index is 12.9. The SMILES string of the molecule is CCOC(C)CNCc1cc(F)ccc1Cl. The van der Waals surface area contributed by atoms with Gasteiger partial charge in [0.05, 0.1) is 6.10 Å². The largest absolute Gasteiger partial charge is 0.377 e. The fourth-order valence-corrected chi connectivity index (χ4v) is 1.62. The molecule has 1 aromatic carbocycles. The molecule has 1 unspecified atom stereocenters. The van der Waals surface area contributed by atoms with E-state index >= 15 is 0 Å². The van der Waals surface area contributed by atoms with E-state index < -0.39 is 0 Å². The molecule has 0 amide bonds. The molecule has 0 bridgehead atoms. The van der Waals surface area contributed by atoms with Crippen LogP contribution in [0.2, 0.25) is 5.02 Å². The minimum Gasteiger partial charge on any atom is -0.377 e. The summed E-state index contributed by atoms with van der Waals surface area (Å²) in [5.41, 5.74) is 0.769. The van der Waals surface area contributed by atoms with Crippen LogP contribution < -0.4 is 5.32 Å². The van der Waals surface area contributed by atoms with Gasteiger partial charge in [0, 0.05) is 24.7 Å². The van der Waals surface area contributed by atoms with Crippen LogP contribution in [0.5, 0.6) is 0 Å². The summed E-state index contributed by atoms with van der Waals surface area (Å²) in [6.45, 7) is 5.92. The average Bonchev–Trinajstić information content (AvgIpc) is 2.23. The molecular weight excluding hydrogens is 229 g/mol. The van der Waals surface area contributed by atoms with Gasteiger partial charge in [0.1, 0.15) is 5.82 Å². The Kier molecular flexibility index (Phi) is 5.74. The monoisotopic (exact) mass is 245 g/mol. The first kappa shape index (κ1) is 13.4. The van der Waals surface area contributed by atoms with Gasteiger partial charge in [0.15, 0.2) is 0 Å². The van der Waals surface area contributed by atoms with E-state index in [4.69, 9.17) is 16.3 Å². The summed E-state index contributed by atoms with van der Waals surface area (Å²) in [7, 11) is 0. The summed E-state index contributed by atoms with van der Waals surface area (Å²) < 4.78 is 18.3. The average molecular weight is 246 g/mol. The quantitative estimate of drug-likeness (QED) is 0.832. The lowest BCUT2D eigenvalue weighted by molar-refractivity contribution is 0.0759. The van der Waals surface area contributed by atoms with Crippen LogP contribution >= 0.6 is 11.6 Å². The Balaban J connectivity index is 2.39. The van der Waals surface area contributed by atoms with E-state index in [1.54, 1.807) is 6.07 Å². The van der Waals surface area contributed by atoms with Crippen LogP contribution in [0.25, 0.3) is 0 Å². The first-order chi connectivity index (χ1) is 7.63. The van der Waals surface area contributed by atoms with Crippen LogP contribution in [0.15, 0.2) is 18.2 Å². The Morgan fingerprint density at radius 1 is 1.50 bits per heavy atom. The Hall–Kier alpha value is -0.640. The molecule has 0 aliphatic carbocycles. The van der Waals surface area contributed by atoms with Crippen molar-refractivity contribution in [3.05, 3.63) is 34.6 Å². The van der Waals surface area contributed by atoms with Gasteiger partial charge in [-0.05, 0) is 37.6 Å². The molecule has 16 heavy (non-hydrogen) atoms. The van der Waals surface area contributed by atoms with E-state index in [1.807, 2.05) is 13.8 Å². The summed E-state index contributed by atoms with van der Waals surface area (Å²) in [6.07, 6.45) is 0.150. The van der Waals surface area contributed by atoms with E-state index in [0.29, 0.717) is 18.2 Å². The third kappa shape index (κ3) is 4.47. The summed E-state index contributed by atoms with van der Waals surface area (Å²) in [4.78, 5) is 0. The molecule has 0 saturated carbocycles. The van der Waals surface area contributed by atoms with Crippen molar-refractivity contribution in [1.29, 1.82) is 0 Å². The molecule has 1 rings (SSSR count). The van der Waals surface area contributed by atoms with Crippen LogP contribution in [0.1, 0.15) is 19.4 Å². The lowest BCUT2D eigenvalue weighted by atomic mass is 10.2. The Labute approximate surface area is 101 Å². The van der Waals surface area contributed by atoms with Gasteiger partial charge in [-0.3, -0.25) is 0 Å². The molecule has 0 aliphatic rings. The zero-order valence-electron chi connectivity index (χ0n) is 9.59. The first-order valence-electron chi connectivity index (χ1n) is 5.39. The van der Waals surface area contributed by atoms with Gasteiger partial charge in [0.25, 0.3) is 0 Å².